The summed E-state index contributed by atoms with van der Waals surface area (Å²) in [7, 11) is 0. The minimum Gasteiger partial charge on any atom is -0.479 e. The Labute approximate surface area is 482 Å². The van der Waals surface area contributed by atoms with E-state index in [-0.39, 0.29) is 25.9 Å². The fourth-order valence-electron chi connectivity index (χ4n) is 10.1. The Morgan fingerprint density at radius 2 is 0.722 bits per heavy atom. The van der Waals surface area contributed by atoms with Gasteiger partial charge in [0.2, 0.25) is 0 Å². The van der Waals surface area contributed by atoms with E-state index in [0.29, 0.717) is 19.3 Å². The smallest absolute Gasteiger partial charge is 0.335 e. The number of rotatable bonds is 57. The summed E-state index contributed by atoms with van der Waals surface area (Å²) in [5.74, 6) is -3.11. The average molecular weight is 1120 g/mol. The van der Waals surface area contributed by atoms with Crippen LogP contribution in [0.4, 0.5) is 0 Å². The molecule has 1 fully saturated rings. The van der Waals surface area contributed by atoms with Crippen molar-refractivity contribution in [2.75, 3.05) is 13.2 Å². The van der Waals surface area contributed by atoms with Crippen molar-refractivity contribution in [3.63, 3.8) is 0 Å². The van der Waals surface area contributed by atoms with Gasteiger partial charge >= 0.3 is 23.9 Å². The van der Waals surface area contributed by atoms with Crippen LogP contribution in [0.2, 0.25) is 0 Å². The van der Waals surface area contributed by atoms with Crippen LogP contribution >= 0.6 is 0 Å². The van der Waals surface area contributed by atoms with Gasteiger partial charge in [-0.2, -0.15) is 0 Å². The number of carbonyl (C=O) groups is 4. The van der Waals surface area contributed by atoms with Gasteiger partial charge in [0.1, 0.15) is 18.8 Å². The average Bonchev–Trinajstić information content (AvgIpc) is 3.46. The van der Waals surface area contributed by atoms with Gasteiger partial charge < -0.3 is 39.0 Å². The molecule has 1 rings (SSSR count). The van der Waals surface area contributed by atoms with Crippen LogP contribution in [0, 0.1) is 0 Å². The van der Waals surface area contributed by atoms with Gasteiger partial charge in [-0.1, -0.05) is 237 Å². The molecule has 79 heavy (non-hydrogen) atoms. The second-order valence-electron chi connectivity index (χ2n) is 22.7. The Balaban J connectivity index is 2.64. The summed E-state index contributed by atoms with van der Waals surface area (Å²) in [6.07, 6.45) is 53.9. The molecule has 0 radical (unpaired) electrons. The van der Waals surface area contributed by atoms with Gasteiger partial charge in [-0.25, -0.2) is 4.79 Å². The van der Waals surface area contributed by atoms with Crippen LogP contribution in [0.25, 0.3) is 0 Å². The van der Waals surface area contributed by atoms with Gasteiger partial charge in [-0.15, -0.1) is 0 Å². The molecule has 0 aromatic heterocycles. The summed E-state index contributed by atoms with van der Waals surface area (Å²) >= 11 is 0. The molecule has 12 heteroatoms. The van der Waals surface area contributed by atoms with E-state index in [1.165, 1.54) is 167 Å². The van der Waals surface area contributed by atoms with Crippen molar-refractivity contribution in [1.82, 2.24) is 0 Å². The predicted octanol–water partition coefficient (Wildman–Crippen LogP) is 17.6. The Hall–Kier alpha value is -3.06. The zero-order chi connectivity index (χ0) is 57.5. The number of ether oxygens (including phenoxy) is 5. The lowest BCUT2D eigenvalue weighted by Gasteiger charge is -2.40. The molecule has 1 aliphatic rings. The number of aliphatic hydroxyl groups excluding tert-OH is 2. The van der Waals surface area contributed by atoms with Crippen LogP contribution in [0.15, 0.2) is 36.5 Å². The molecule has 1 heterocycles. The summed E-state index contributed by atoms with van der Waals surface area (Å²) in [6.45, 7) is 6.00. The van der Waals surface area contributed by atoms with Gasteiger partial charge in [0.05, 0.1) is 6.61 Å². The van der Waals surface area contributed by atoms with Crippen LogP contribution in [-0.4, -0.2) is 89.2 Å². The van der Waals surface area contributed by atoms with Crippen molar-refractivity contribution in [2.45, 2.75) is 353 Å². The molecule has 0 aliphatic carbocycles. The summed E-state index contributed by atoms with van der Waals surface area (Å²) < 4.78 is 28.5. The third kappa shape index (κ3) is 45.2. The summed E-state index contributed by atoms with van der Waals surface area (Å²) in [4.78, 5) is 51.3. The summed E-state index contributed by atoms with van der Waals surface area (Å²) in [6, 6.07) is 0. The Morgan fingerprint density at radius 3 is 1.09 bits per heavy atom. The minimum atomic E-state index is -1.90. The van der Waals surface area contributed by atoms with E-state index in [4.69, 9.17) is 23.7 Å². The molecule has 6 atom stereocenters. The maximum absolute atomic E-state index is 13.2. The van der Waals surface area contributed by atoms with Crippen LogP contribution in [0.3, 0.4) is 0 Å². The number of unbranched alkanes of at least 4 members (excludes halogenated alkanes) is 37. The first-order valence-electron chi connectivity index (χ1n) is 33.0. The third-order valence-corrected chi connectivity index (χ3v) is 15.2. The molecule has 0 aromatic rings. The molecular weight excluding hydrogens is 997 g/mol. The zero-order valence-electron chi connectivity index (χ0n) is 50.9. The Bertz CT molecular complexity index is 1510. The number of esters is 3. The minimum absolute atomic E-state index is 0.0525. The van der Waals surface area contributed by atoms with E-state index < -0.39 is 67.3 Å². The number of hydrogen-bond acceptors (Lipinski definition) is 11. The topological polar surface area (TPSA) is 175 Å². The molecule has 1 saturated heterocycles. The SMILES string of the molecule is CCCCCC/C=C\CCCCCCCC(=O)OC1C(OCC(COC(=O)CCCCCCCCCCC/C=C\CCCCCCCC)OC(=O)CCCCCCCCC/C=C\CCCCCCCC)OC(C(=O)O)C(O)C1O. The molecule has 0 amide bonds. The van der Waals surface area contributed by atoms with Gasteiger partial charge in [0, 0.05) is 19.3 Å². The second kappa shape index (κ2) is 55.5. The molecule has 1 aliphatic heterocycles. The highest BCUT2D eigenvalue weighted by Crippen LogP contribution is 2.27. The van der Waals surface area contributed by atoms with Crippen LogP contribution < -0.4 is 0 Å². The van der Waals surface area contributed by atoms with Gasteiger partial charge in [-0.3, -0.25) is 14.4 Å². The lowest BCUT2D eigenvalue weighted by atomic mass is 9.98. The fraction of sp³-hybridized carbons (Fsp3) is 0.851. The van der Waals surface area contributed by atoms with Gasteiger partial charge in [-0.05, 0) is 96.3 Å². The summed E-state index contributed by atoms with van der Waals surface area (Å²) in [5.41, 5.74) is 0. The Morgan fingerprint density at radius 1 is 0.405 bits per heavy atom. The van der Waals surface area contributed by atoms with Crippen molar-refractivity contribution in [3.8, 4) is 0 Å². The number of aliphatic carboxylic acids is 1. The molecular formula is C67H120O12. The fourth-order valence-corrected chi connectivity index (χ4v) is 10.1. The highest BCUT2D eigenvalue weighted by Gasteiger charge is 2.50. The highest BCUT2D eigenvalue weighted by molar-refractivity contribution is 5.74. The van der Waals surface area contributed by atoms with Crippen LogP contribution in [0.5, 0.6) is 0 Å². The number of carbonyl (C=O) groups excluding carboxylic acids is 3. The van der Waals surface area contributed by atoms with Gasteiger partial charge in [0.15, 0.2) is 24.6 Å². The van der Waals surface area contributed by atoms with Crippen LogP contribution in [0.1, 0.15) is 316 Å². The zero-order valence-corrected chi connectivity index (χ0v) is 50.9. The van der Waals surface area contributed by atoms with E-state index >= 15 is 0 Å². The van der Waals surface area contributed by atoms with E-state index in [0.717, 1.165) is 89.9 Å². The molecule has 6 unspecified atom stereocenters. The number of aliphatic hydroxyl groups is 2. The lowest BCUT2D eigenvalue weighted by molar-refractivity contribution is -0.301. The van der Waals surface area contributed by atoms with Crippen molar-refractivity contribution < 1.29 is 58.2 Å². The largest absolute Gasteiger partial charge is 0.479 e. The number of hydrogen-bond donors (Lipinski definition) is 3. The first-order valence-corrected chi connectivity index (χ1v) is 33.0. The molecule has 0 spiro atoms. The summed E-state index contributed by atoms with van der Waals surface area (Å²) in [5, 5.41) is 31.5. The standard InChI is InChI=1S/C67H120O12/c1-4-7-10-13-16-19-22-25-27-29-30-32-33-36-38-41-44-47-50-53-59(68)75-56-58(77-60(69)54-51-48-45-42-40-37-34-31-28-26-23-20-17-14-11-8-5-2)57-76-67-65(63(72)62(71)64(79-67)66(73)74)78-61(70)55-52-49-46-43-39-35-24-21-18-15-12-9-6-3/h21,24-28,58,62-65,67,71-72H,4-20,22-23,29-57H2,1-3H3,(H,73,74)/b24-21-,27-25-,28-26-. The monoisotopic (exact) mass is 1120 g/mol. The van der Waals surface area contributed by atoms with Crippen molar-refractivity contribution in [3.05, 3.63) is 36.5 Å². The molecule has 0 aromatic carbocycles. The molecule has 0 saturated carbocycles. The van der Waals surface area contributed by atoms with Crippen LogP contribution in [-0.2, 0) is 42.9 Å². The number of carboxylic acids is 1. The third-order valence-electron chi connectivity index (χ3n) is 15.2. The van der Waals surface area contributed by atoms with Crippen molar-refractivity contribution in [2.24, 2.45) is 0 Å². The molecule has 0 bridgehead atoms. The Kier molecular flexibility index (Phi) is 51.9. The van der Waals surface area contributed by atoms with E-state index in [1.807, 2.05) is 0 Å². The normalized spacial score (nSPS) is 18.0. The molecule has 3 N–H and O–H groups in total. The predicted molar refractivity (Wildman–Crippen MR) is 322 cm³/mol. The first-order chi connectivity index (χ1) is 38.6. The maximum atomic E-state index is 13.2. The highest BCUT2D eigenvalue weighted by atomic mass is 16.7. The lowest BCUT2D eigenvalue weighted by Crippen LogP contribution is -2.61. The quantitative estimate of drug-likeness (QED) is 0.0228. The van der Waals surface area contributed by atoms with Gasteiger partial charge in [0.25, 0.3) is 0 Å². The van der Waals surface area contributed by atoms with E-state index in [9.17, 15) is 34.5 Å². The number of carboxylic acid groups (broad SMARTS) is 1. The van der Waals surface area contributed by atoms with E-state index in [1.54, 1.807) is 0 Å². The van der Waals surface area contributed by atoms with E-state index in [2.05, 4.69) is 57.2 Å². The van der Waals surface area contributed by atoms with Crippen molar-refractivity contribution >= 4 is 23.9 Å². The maximum Gasteiger partial charge on any atom is 0.335 e. The second-order valence-corrected chi connectivity index (χ2v) is 22.7. The molecule has 12 nitrogen and oxygen atoms in total. The van der Waals surface area contributed by atoms with Crippen molar-refractivity contribution in [1.29, 1.82) is 0 Å². The number of allylic oxidation sites excluding steroid dienone is 6. The first kappa shape index (κ1) is 74.0. The molecule has 460 valence electrons.